The first-order chi connectivity index (χ1) is 23.7. The fourth-order valence-corrected chi connectivity index (χ4v) is 6.72. The lowest BCUT2D eigenvalue weighted by molar-refractivity contribution is -0.146. The number of carbonyl (C=O) groups excluding carboxylic acids is 3. The van der Waals surface area contributed by atoms with E-state index in [4.69, 9.17) is 19.2 Å². The van der Waals surface area contributed by atoms with Crippen LogP contribution in [0.4, 0.5) is 9.59 Å². The van der Waals surface area contributed by atoms with Gasteiger partial charge in [-0.3, -0.25) is 4.79 Å². The van der Waals surface area contributed by atoms with Crippen LogP contribution >= 0.6 is 0 Å². The normalized spacial score (nSPS) is 17.5. The summed E-state index contributed by atoms with van der Waals surface area (Å²) in [5.74, 6) is -0.431. The number of benzene rings is 3. The van der Waals surface area contributed by atoms with E-state index < -0.39 is 34.3 Å². The second-order valence-corrected chi connectivity index (χ2v) is 14.8. The number of hydrogen-bond acceptors (Lipinski definition) is 7. The number of hydrogen-bond donors (Lipinski definition) is 0. The van der Waals surface area contributed by atoms with Gasteiger partial charge < -0.3 is 18.8 Å². The largest absolute Gasteiger partial charge is 0.465 e. The second-order valence-electron chi connectivity index (χ2n) is 14.8. The number of ether oxygens (including phenoxy) is 3. The summed E-state index contributed by atoms with van der Waals surface area (Å²) in [7, 11) is 0. The summed E-state index contributed by atoms with van der Waals surface area (Å²) < 4.78 is 18.8. The third kappa shape index (κ3) is 7.62. The second kappa shape index (κ2) is 14.5. The minimum absolute atomic E-state index is 0.0762. The van der Waals surface area contributed by atoms with Gasteiger partial charge in [0.2, 0.25) is 0 Å². The Morgan fingerprint density at radius 3 is 1.66 bits per heavy atom. The van der Waals surface area contributed by atoms with Crippen LogP contribution in [0.1, 0.15) is 90.1 Å². The van der Waals surface area contributed by atoms with Gasteiger partial charge in [-0.1, -0.05) is 91.0 Å². The van der Waals surface area contributed by atoms with E-state index in [-0.39, 0.29) is 25.0 Å². The van der Waals surface area contributed by atoms with Gasteiger partial charge in [-0.2, -0.15) is 0 Å². The summed E-state index contributed by atoms with van der Waals surface area (Å²) >= 11 is 0. The van der Waals surface area contributed by atoms with Gasteiger partial charge in [0.1, 0.15) is 22.2 Å². The van der Waals surface area contributed by atoms with Crippen molar-refractivity contribution in [3.63, 3.8) is 0 Å². The van der Waals surface area contributed by atoms with Crippen molar-refractivity contribution >= 4 is 18.2 Å². The van der Waals surface area contributed by atoms with Gasteiger partial charge in [-0.25, -0.2) is 19.5 Å². The molecule has 1 aliphatic rings. The molecule has 0 radical (unpaired) electrons. The zero-order valence-electron chi connectivity index (χ0n) is 30.2. The minimum atomic E-state index is -0.959. The van der Waals surface area contributed by atoms with Crippen molar-refractivity contribution in [2.45, 2.75) is 89.9 Å². The summed E-state index contributed by atoms with van der Waals surface area (Å²) in [6.45, 7) is 12.6. The molecule has 4 aromatic rings. The van der Waals surface area contributed by atoms with Crippen molar-refractivity contribution in [1.29, 1.82) is 0 Å². The zero-order chi connectivity index (χ0) is 36.2. The fraction of sp³-hybridized carbons (Fsp3) is 0.415. The lowest BCUT2D eigenvalue weighted by Gasteiger charge is -2.37. The highest BCUT2D eigenvalue weighted by Crippen LogP contribution is 2.57. The molecular formula is C41H49N3O6. The van der Waals surface area contributed by atoms with Crippen LogP contribution < -0.4 is 0 Å². The third-order valence-electron chi connectivity index (χ3n) is 8.91. The molecular weight excluding hydrogens is 630 g/mol. The Hall–Kier alpha value is -4.92. The predicted molar refractivity (Wildman–Crippen MR) is 192 cm³/mol. The topological polar surface area (TPSA) is 100.0 Å². The maximum Gasteiger partial charge on any atom is 0.419 e. The summed E-state index contributed by atoms with van der Waals surface area (Å²) in [6, 6.07) is 30.9. The molecule has 2 amide bonds. The average Bonchev–Trinajstić information content (AvgIpc) is 3.59. The summed E-state index contributed by atoms with van der Waals surface area (Å²) in [4.78, 5) is 45.9. The maximum absolute atomic E-state index is 13.8. The molecule has 1 fully saturated rings. The Morgan fingerprint density at radius 1 is 0.780 bits per heavy atom. The smallest absolute Gasteiger partial charge is 0.419 e. The summed E-state index contributed by atoms with van der Waals surface area (Å²) in [6.07, 6.45) is 3.79. The molecule has 0 unspecified atom stereocenters. The van der Waals surface area contributed by atoms with Crippen LogP contribution in [0.3, 0.4) is 0 Å². The fourth-order valence-electron chi connectivity index (χ4n) is 6.72. The zero-order valence-corrected chi connectivity index (χ0v) is 30.2. The molecule has 1 saturated carbocycles. The molecule has 9 heteroatoms. The number of carbonyl (C=O) groups is 3. The molecule has 3 aromatic carbocycles. The third-order valence-corrected chi connectivity index (χ3v) is 8.91. The van der Waals surface area contributed by atoms with Gasteiger partial charge in [0.05, 0.1) is 18.6 Å². The van der Waals surface area contributed by atoms with E-state index in [1.165, 1.54) is 0 Å². The van der Waals surface area contributed by atoms with Crippen LogP contribution in [0.2, 0.25) is 0 Å². The number of nitrogens with zero attached hydrogens (tertiary/aromatic N) is 3. The number of imide groups is 1. The van der Waals surface area contributed by atoms with Crippen molar-refractivity contribution in [2.75, 3.05) is 13.2 Å². The number of amides is 2. The van der Waals surface area contributed by atoms with Crippen LogP contribution in [0.5, 0.6) is 0 Å². The first kappa shape index (κ1) is 36.4. The molecule has 1 aromatic heterocycles. The van der Waals surface area contributed by atoms with Crippen molar-refractivity contribution in [3.05, 3.63) is 126 Å². The number of esters is 1. The molecule has 0 N–H and O–H groups in total. The van der Waals surface area contributed by atoms with Crippen LogP contribution in [-0.2, 0) is 30.0 Å². The van der Waals surface area contributed by atoms with Gasteiger partial charge in [0.15, 0.2) is 0 Å². The van der Waals surface area contributed by atoms with Crippen LogP contribution in [0.25, 0.3) is 0 Å². The quantitative estimate of drug-likeness (QED) is 0.0890. The number of rotatable bonds is 11. The molecule has 0 spiro atoms. The highest BCUT2D eigenvalue weighted by Gasteiger charge is 2.63. The monoisotopic (exact) mass is 679 g/mol. The Labute approximate surface area is 295 Å². The van der Waals surface area contributed by atoms with Gasteiger partial charge in [0.25, 0.3) is 0 Å². The van der Waals surface area contributed by atoms with Crippen LogP contribution in [-0.4, -0.2) is 57.0 Å². The SMILES string of the molecule is CCOC(=O)[C@]1(c2cn(C(c3ccccc3)(c3ccccc3)c3ccccc3)cn2)C[C@@H]1CCCN(C(=O)OC(C)(C)C)C(=O)OC(C)(C)C. The predicted octanol–water partition coefficient (Wildman–Crippen LogP) is 8.50. The van der Waals surface area contributed by atoms with E-state index in [0.29, 0.717) is 25.0 Å². The molecule has 0 bridgehead atoms. The van der Waals surface area contributed by atoms with E-state index in [1.54, 1.807) is 48.5 Å². The molecule has 9 nitrogen and oxygen atoms in total. The lowest BCUT2D eigenvalue weighted by Crippen LogP contribution is -2.44. The van der Waals surface area contributed by atoms with E-state index in [1.807, 2.05) is 67.1 Å². The van der Waals surface area contributed by atoms with Crippen LogP contribution in [0.15, 0.2) is 104 Å². The molecule has 0 saturated heterocycles. The first-order valence-corrected chi connectivity index (χ1v) is 17.3. The Kier molecular flexibility index (Phi) is 10.6. The molecule has 1 heterocycles. The summed E-state index contributed by atoms with van der Waals surface area (Å²) in [5.41, 5.74) is 0.440. The lowest BCUT2D eigenvalue weighted by atomic mass is 9.76. The minimum Gasteiger partial charge on any atom is -0.465 e. The number of aromatic nitrogens is 2. The Balaban J connectivity index is 1.49. The highest BCUT2D eigenvalue weighted by atomic mass is 16.6. The number of imidazole rings is 1. The van der Waals surface area contributed by atoms with Crippen molar-refractivity contribution < 1.29 is 28.6 Å². The van der Waals surface area contributed by atoms with Gasteiger partial charge in [-0.05, 0) is 90.3 Å². The van der Waals surface area contributed by atoms with E-state index >= 15 is 0 Å². The van der Waals surface area contributed by atoms with Gasteiger partial charge >= 0.3 is 18.2 Å². The summed E-state index contributed by atoms with van der Waals surface area (Å²) in [5, 5.41) is 0. The van der Waals surface area contributed by atoms with Crippen molar-refractivity contribution in [3.8, 4) is 0 Å². The molecule has 0 aliphatic heterocycles. The molecule has 1 aliphatic carbocycles. The molecule has 50 heavy (non-hydrogen) atoms. The first-order valence-electron chi connectivity index (χ1n) is 17.3. The van der Waals surface area contributed by atoms with Crippen molar-refractivity contribution in [2.24, 2.45) is 5.92 Å². The Bertz CT molecular complexity index is 1630. The Morgan fingerprint density at radius 2 is 1.24 bits per heavy atom. The van der Waals surface area contributed by atoms with E-state index in [9.17, 15) is 14.4 Å². The maximum atomic E-state index is 13.8. The molecule has 264 valence electrons. The average molecular weight is 680 g/mol. The van der Waals surface area contributed by atoms with Crippen LogP contribution in [0, 0.1) is 5.92 Å². The highest BCUT2D eigenvalue weighted by molar-refractivity contribution is 5.88. The van der Waals surface area contributed by atoms with E-state index in [2.05, 4.69) is 41.0 Å². The van der Waals surface area contributed by atoms with E-state index in [0.717, 1.165) is 21.6 Å². The standard InChI is InChI=1S/C41H49N3O6/c1-8-48-35(45)40(27-33(40)25-18-26-44(36(46)49-38(2,3)4)37(47)50-39(5,6)7)34-28-43(29-42-34)41(30-19-12-9-13-20-30,31-21-14-10-15-22-31)32-23-16-11-17-24-32/h9-17,19-24,28-29,33H,8,18,25-27H2,1-7H3/t33-,40+/m0/s1. The molecule has 5 rings (SSSR count). The van der Waals surface area contributed by atoms with Gasteiger partial charge in [-0.15, -0.1) is 0 Å². The molecule has 2 atom stereocenters. The van der Waals surface area contributed by atoms with Gasteiger partial charge in [0, 0.05) is 12.7 Å². The van der Waals surface area contributed by atoms with Crippen molar-refractivity contribution in [1.82, 2.24) is 14.5 Å².